The van der Waals surface area contributed by atoms with Crippen LogP contribution in [-0.4, -0.2) is 12.6 Å². The highest BCUT2D eigenvalue weighted by molar-refractivity contribution is 5.37. The molecule has 2 aromatic rings. The molecule has 0 saturated heterocycles. The van der Waals surface area contributed by atoms with E-state index in [0.717, 1.165) is 24.3 Å². The molecule has 0 radical (unpaired) electrons. The molecule has 3 rings (SSSR count). The molecular formula is C17H18FNO. The average molecular weight is 271 g/mol. The van der Waals surface area contributed by atoms with E-state index in [4.69, 9.17) is 4.74 Å². The van der Waals surface area contributed by atoms with Gasteiger partial charge in [0.1, 0.15) is 17.7 Å². The van der Waals surface area contributed by atoms with Gasteiger partial charge in [-0.1, -0.05) is 30.3 Å². The van der Waals surface area contributed by atoms with Gasteiger partial charge in [0.15, 0.2) is 0 Å². The van der Waals surface area contributed by atoms with Crippen LogP contribution in [0.2, 0.25) is 0 Å². The lowest BCUT2D eigenvalue weighted by Crippen LogP contribution is -2.31. The Kier molecular flexibility index (Phi) is 3.70. The molecule has 2 aromatic carbocycles. The number of hydrogen-bond donors (Lipinski definition) is 1. The van der Waals surface area contributed by atoms with Crippen LogP contribution in [0.15, 0.2) is 48.5 Å². The number of fused-ring (bicyclic) bond motifs is 1. The van der Waals surface area contributed by atoms with Gasteiger partial charge in [-0.15, -0.1) is 0 Å². The third-order valence-corrected chi connectivity index (χ3v) is 3.74. The van der Waals surface area contributed by atoms with Crippen LogP contribution in [-0.2, 0) is 6.42 Å². The first-order valence-electron chi connectivity index (χ1n) is 6.96. The normalized spacial score (nSPS) is 18.4. The van der Waals surface area contributed by atoms with E-state index in [1.54, 1.807) is 0 Å². The SMILES string of the molecule is CC(NCC1Cc2ccccc2O1)c1ccc(F)cc1. The Labute approximate surface area is 118 Å². The Bertz CT molecular complexity index is 557. The second-order valence-electron chi connectivity index (χ2n) is 5.23. The predicted molar refractivity (Wildman–Crippen MR) is 77.4 cm³/mol. The Hall–Kier alpha value is -1.87. The first-order chi connectivity index (χ1) is 9.72. The molecule has 0 aliphatic carbocycles. The highest BCUT2D eigenvalue weighted by Gasteiger charge is 2.22. The third-order valence-electron chi connectivity index (χ3n) is 3.74. The molecule has 1 heterocycles. The van der Waals surface area contributed by atoms with Gasteiger partial charge in [-0.3, -0.25) is 0 Å². The Morgan fingerprint density at radius 1 is 1.20 bits per heavy atom. The second-order valence-corrected chi connectivity index (χ2v) is 5.23. The van der Waals surface area contributed by atoms with Crippen molar-refractivity contribution in [1.82, 2.24) is 5.32 Å². The van der Waals surface area contributed by atoms with Crippen molar-refractivity contribution < 1.29 is 9.13 Å². The van der Waals surface area contributed by atoms with Gasteiger partial charge in [0, 0.05) is 19.0 Å². The topological polar surface area (TPSA) is 21.3 Å². The van der Waals surface area contributed by atoms with Crippen LogP contribution < -0.4 is 10.1 Å². The summed E-state index contributed by atoms with van der Waals surface area (Å²) in [4.78, 5) is 0. The summed E-state index contributed by atoms with van der Waals surface area (Å²) in [5, 5.41) is 3.45. The van der Waals surface area contributed by atoms with Crippen molar-refractivity contribution in [2.24, 2.45) is 0 Å². The number of nitrogens with one attached hydrogen (secondary N) is 1. The molecule has 0 amide bonds. The molecule has 104 valence electrons. The largest absolute Gasteiger partial charge is 0.488 e. The van der Waals surface area contributed by atoms with E-state index in [0.29, 0.717) is 0 Å². The van der Waals surface area contributed by atoms with Crippen LogP contribution in [0.3, 0.4) is 0 Å². The standard InChI is InChI=1S/C17H18FNO/c1-12(13-6-8-15(18)9-7-13)19-11-16-10-14-4-2-3-5-17(14)20-16/h2-9,12,16,19H,10-11H2,1H3. The van der Waals surface area contributed by atoms with Gasteiger partial charge in [0.2, 0.25) is 0 Å². The summed E-state index contributed by atoms with van der Waals surface area (Å²) < 4.78 is 18.8. The average Bonchev–Trinajstić information content (AvgIpc) is 2.88. The summed E-state index contributed by atoms with van der Waals surface area (Å²) in [6.45, 7) is 2.86. The number of hydrogen-bond acceptors (Lipinski definition) is 2. The number of para-hydroxylation sites is 1. The van der Waals surface area contributed by atoms with E-state index in [1.165, 1.54) is 17.7 Å². The molecule has 2 nitrogen and oxygen atoms in total. The maximum Gasteiger partial charge on any atom is 0.123 e. The van der Waals surface area contributed by atoms with Crippen LogP contribution in [0.4, 0.5) is 4.39 Å². The quantitative estimate of drug-likeness (QED) is 0.919. The number of benzene rings is 2. The van der Waals surface area contributed by atoms with E-state index in [2.05, 4.69) is 18.3 Å². The molecule has 1 N–H and O–H groups in total. The minimum atomic E-state index is -0.199. The Morgan fingerprint density at radius 2 is 1.95 bits per heavy atom. The van der Waals surface area contributed by atoms with E-state index >= 15 is 0 Å². The molecule has 0 saturated carbocycles. The van der Waals surface area contributed by atoms with Gasteiger partial charge in [0.05, 0.1) is 0 Å². The molecule has 0 bridgehead atoms. The Morgan fingerprint density at radius 3 is 2.70 bits per heavy atom. The zero-order valence-electron chi connectivity index (χ0n) is 11.5. The summed E-state index contributed by atoms with van der Waals surface area (Å²) in [5.41, 5.74) is 2.36. The van der Waals surface area contributed by atoms with Crippen molar-refractivity contribution in [2.45, 2.75) is 25.5 Å². The predicted octanol–water partition coefficient (Wildman–Crippen LogP) is 3.48. The van der Waals surface area contributed by atoms with Gasteiger partial charge in [0.25, 0.3) is 0 Å². The van der Waals surface area contributed by atoms with Crippen molar-refractivity contribution in [1.29, 1.82) is 0 Å². The highest BCUT2D eigenvalue weighted by atomic mass is 19.1. The number of ether oxygens (including phenoxy) is 1. The van der Waals surface area contributed by atoms with Crippen molar-refractivity contribution in [3.63, 3.8) is 0 Å². The van der Waals surface area contributed by atoms with Crippen molar-refractivity contribution in [3.8, 4) is 5.75 Å². The minimum absolute atomic E-state index is 0.176. The van der Waals surface area contributed by atoms with Gasteiger partial charge in [-0.05, 0) is 36.2 Å². The van der Waals surface area contributed by atoms with E-state index in [9.17, 15) is 4.39 Å². The summed E-state index contributed by atoms with van der Waals surface area (Å²) in [7, 11) is 0. The van der Waals surface area contributed by atoms with Gasteiger partial charge in [-0.25, -0.2) is 4.39 Å². The maximum atomic E-state index is 12.9. The number of halogens is 1. The lowest BCUT2D eigenvalue weighted by molar-refractivity contribution is 0.222. The summed E-state index contributed by atoms with van der Waals surface area (Å²) in [6.07, 6.45) is 1.12. The van der Waals surface area contributed by atoms with Crippen molar-refractivity contribution in [3.05, 3.63) is 65.5 Å². The molecule has 2 atom stereocenters. The fourth-order valence-corrected chi connectivity index (χ4v) is 2.55. The third kappa shape index (κ3) is 2.83. The van der Waals surface area contributed by atoms with Crippen LogP contribution in [0.25, 0.3) is 0 Å². The first kappa shape index (κ1) is 13.1. The molecule has 2 unspecified atom stereocenters. The fraction of sp³-hybridized carbons (Fsp3) is 0.294. The smallest absolute Gasteiger partial charge is 0.123 e. The van der Waals surface area contributed by atoms with Crippen LogP contribution in [0, 0.1) is 5.82 Å². The zero-order valence-corrected chi connectivity index (χ0v) is 11.5. The molecule has 20 heavy (non-hydrogen) atoms. The van der Waals surface area contributed by atoms with Gasteiger partial charge >= 0.3 is 0 Å². The summed E-state index contributed by atoms with van der Waals surface area (Å²) >= 11 is 0. The lowest BCUT2D eigenvalue weighted by Gasteiger charge is -2.17. The molecule has 1 aliphatic rings. The molecule has 1 aliphatic heterocycles. The zero-order chi connectivity index (χ0) is 13.9. The number of rotatable bonds is 4. The summed E-state index contributed by atoms with van der Waals surface area (Å²) in [6, 6.07) is 15.0. The van der Waals surface area contributed by atoms with Crippen molar-refractivity contribution >= 4 is 0 Å². The summed E-state index contributed by atoms with van der Waals surface area (Å²) in [5.74, 6) is 0.796. The van der Waals surface area contributed by atoms with E-state index in [1.807, 2.05) is 30.3 Å². The van der Waals surface area contributed by atoms with Crippen LogP contribution in [0.1, 0.15) is 24.1 Å². The van der Waals surface area contributed by atoms with Crippen molar-refractivity contribution in [2.75, 3.05) is 6.54 Å². The molecule has 0 fully saturated rings. The molecule has 3 heteroatoms. The monoisotopic (exact) mass is 271 g/mol. The lowest BCUT2D eigenvalue weighted by atomic mass is 10.1. The van der Waals surface area contributed by atoms with Crippen LogP contribution in [0.5, 0.6) is 5.75 Å². The fourth-order valence-electron chi connectivity index (χ4n) is 2.55. The molecule has 0 spiro atoms. The minimum Gasteiger partial charge on any atom is -0.488 e. The van der Waals surface area contributed by atoms with Crippen LogP contribution >= 0.6 is 0 Å². The highest BCUT2D eigenvalue weighted by Crippen LogP contribution is 2.28. The molecule has 0 aromatic heterocycles. The van der Waals surface area contributed by atoms with Gasteiger partial charge in [-0.2, -0.15) is 0 Å². The van der Waals surface area contributed by atoms with E-state index < -0.39 is 0 Å². The maximum absolute atomic E-state index is 12.9. The first-order valence-corrected chi connectivity index (χ1v) is 6.96. The van der Waals surface area contributed by atoms with Gasteiger partial charge < -0.3 is 10.1 Å². The van der Waals surface area contributed by atoms with E-state index in [-0.39, 0.29) is 18.0 Å². The second kappa shape index (κ2) is 5.63. The molecular weight excluding hydrogens is 253 g/mol. The Balaban J connectivity index is 1.55.